The monoisotopic (exact) mass is 160 g/mol. The number of hydrogen-bond donors (Lipinski definition) is 1. The zero-order valence-electron chi connectivity index (χ0n) is 5.89. The summed E-state index contributed by atoms with van der Waals surface area (Å²) in [7, 11) is 1.56. The summed E-state index contributed by atoms with van der Waals surface area (Å²) in [5.41, 5.74) is 0. The average molecular weight is 161 g/mol. The largest absolute Gasteiger partial charge is 0.501 e. The highest BCUT2D eigenvalue weighted by atomic mass is 35.5. The van der Waals surface area contributed by atoms with Crippen molar-refractivity contribution in [3.63, 3.8) is 0 Å². The van der Waals surface area contributed by atoms with E-state index in [0.29, 0.717) is 0 Å². The first kappa shape index (κ1) is 9.17. The molecular weight excluding hydrogens is 152 g/mol. The van der Waals surface area contributed by atoms with E-state index in [0.717, 1.165) is 5.76 Å². The molecule has 1 N–H and O–H groups in total. The fourth-order valence-corrected chi connectivity index (χ4v) is 0.332. The van der Waals surface area contributed by atoms with Crippen molar-refractivity contribution >= 4 is 23.1 Å². The molecule has 0 atom stereocenters. The summed E-state index contributed by atoms with van der Waals surface area (Å²) in [6.45, 7) is 1.78. The molecule has 4 heteroatoms. The number of aliphatic imine (C=N–C) groups is 1. The summed E-state index contributed by atoms with van der Waals surface area (Å²) < 4.78 is 4.79. The van der Waals surface area contributed by atoms with Gasteiger partial charge in [0.05, 0.1) is 12.9 Å². The Morgan fingerprint density at radius 3 is 2.70 bits per heavy atom. The Morgan fingerprint density at radius 1 is 1.70 bits per heavy atom. The Morgan fingerprint density at radius 2 is 2.30 bits per heavy atom. The van der Waals surface area contributed by atoms with Gasteiger partial charge in [-0.3, -0.25) is 5.41 Å². The van der Waals surface area contributed by atoms with Crippen LogP contribution in [0.4, 0.5) is 0 Å². The van der Waals surface area contributed by atoms with Crippen LogP contribution >= 0.6 is 11.6 Å². The molecule has 0 saturated carbocycles. The maximum absolute atomic E-state index is 6.69. The lowest BCUT2D eigenvalue weighted by molar-refractivity contribution is 0.294. The van der Waals surface area contributed by atoms with Crippen molar-refractivity contribution in [3.8, 4) is 0 Å². The molecule has 0 rings (SSSR count). The third-order valence-electron chi connectivity index (χ3n) is 0.819. The van der Waals surface area contributed by atoms with Crippen LogP contribution < -0.4 is 0 Å². The van der Waals surface area contributed by atoms with E-state index in [9.17, 15) is 0 Å². The van der Waals surface area contributed by atoms with Crippen molar-refractivity contribution in [2.24, 2.45) is 4.99 Å². The number of halogens is 1. The molecule has 0 aromatic heterocycles. The molecule has 0 heterocycles. The smallest absolute Gasteiger partial charge is 0.214 e. The van der Waals surface area contributed by atoms with Crippen LogP contribution in [0.2, 0.25) is 0 Å². The minimum Gasteiger partial charge on any atom is -0.501 e. The Kier molecular flexibility index (Phi) is 4.58. The molecule has 10 heavy (non-hydrogen) atoms. The first-order valence-electron chi connectivity index (χ1n) is 2.66. The van der Waals surface area contributed by atoms with E-state index in [1.165, 1.54) is 6.21 Å². The zero-order chi connectivity index (χ0) is 7.98. The number of nitrogens with one attached hydrogen (secondary N) is 1. The second-order valence-corrected chi connectivity index (χ2v) is 1.91. The molecule has 0 aliphatic rings. The van der Waals surface area contributed by atoms with Crippen molar-refractivity contribution in [3.05, 3.63) is 11.8 Å². The maximum Gasteiger partial charge on any atom is 0.214 e. The highest BCUT2D eigenvalue weighted by Crippen LogP contribution is 1.89. The van der Waals surface area contributed by atoms with Gasteiger partial charge in [-0.15, -0.1) is 0 Å². The minimum absolute atomic E-state index is 0.236. The van der Waals surface area contributed by atoms with E-state index in [-0.39, 0.29) is 5.29 Å². The Labute approximate surface area is 64.9 Å². The molecule has 0 aromatic rings. The molecule has 0 aromatic carbocycles. The third-order valence-corrected chi connectivity index (χ3v) is 0.917. The number of methoxy groups -OCH3 is 1. The lowest BCUT2D eigenvalue weighted by Gasteiger charge is -1.92. The molecule has 0 saturated heterocycles. The lowest BCUT2D eigenvalue weighted by Crippen LogP contribution is -1.81. The van der Waals surface area contributed by atoms with E-state index in [1.807, 2.05) is 0 Å². The number of allylic oxidation sites excluding steroid dienone is 2. The SMILES string of the molecule is CO/C(C)=C/C=NC(=N)Cl. The molecule has 0 bridgehead atoms. The van der Waals surface area contributed by atoms with Crippen LogP contribution in [0.5, 0.6) is 0 Å². The fourth-order valence-electron chi connectivity index (χ4n) is 0.276. The summed E-state index contributed by atoms with van der Waals surface area (Å²) in [4.78, 5) is 3.48. The summed E-state index contributed by atoms with van der Waals surface area (Å²) >= 11 is 5.12. The third kappa shape index (κ3) is 5.31. The van der Waals surface area contributed by atoms with Gasteiger partial charge in [-0.1, -0.05) is 0 Å². The summed E-state index contributed by atoms with van der Waals surface area (Å²) in [6, 6.07) is 0. The quantitative estimate of drug-likeness (QED) is 0.285. The molecule has 56 valence electrons. The summed E-state index contributed by atoms with van der Waals surface area (Å²) in [6.07, 6.45) is 3.03. The van der Waals surface area contributed by atoms with Gasteiger partial charge < -0.3 is 4.74 Å². The molecule has 0 fully saturated rings. The molecule has 0 amide bonds. The van der Waals surface area contributed by atoms with E-state index < -0.39 is 0 Å². The normalized spacial score (nSPS) is 12.1. The van der Waals surface area contributed by atoms with Crippen molar-refractivity contribution in [2.45, 2.75) is 6.92 Å². The standard InChI is InChI=1S/C6H9ClN2O/c1-5(10-2)3-4-9-6(7)8/h3-4,8H,1-2H3/b5-3+,8-6?,9-4?. The minimum atomic E-state index is -0.236. The highest BCUT2D eigenvalue weighted by Gasteiger charge is 1.80. The molecule has 0 unspecified atom stereocenters. The van der Waals surface area contributed by atoms with E-state index in [2.05, 4.69) is 4.99 Å². The van der Waals surface area contributed by atoms with Gasteiger partial charge >= 0.3 is 0 Å². The van der Waals surface area contributed by atoms with E-state index in [1.54, 1.807) is 20.1 Å². The van der Waals surface area contributed by atoms with Gasteiger partial charge in [0.15, 0.2) is 0 Å². The summed E-state index contributed by atoms with van der Waals surface area (Å²) in [5.74, 6) is 0.724. The molecular formula is C6H9ClN2O. The van der Waals surface area contributed by atoms with E-state index in [4.69, 9.17) is 21.7 Å². The first-order chi connectivity index (χ1) is 4.66. The van der Waals surface area contributed by atoms with Crippen LogP contribution in [0.15, 0.2) is 16.8 Å². The predicted molar refractivity (Wildman–Crippen MR) is 42.8 cm³/mol. The van der Waals surface area contributed by atoms with Crippen LogP contribution in [0, 0.1) is 5.41 Å². The van der Waals surface area contributed by atoms with Crippen molar-refractivity contribution in [1.29, 1.82) is 5.41 Å². The average Bonchev–Trinajstić information content (AvgIpc) is 1.87. The van der Waals surface area contributed by atoms with Gasteiger partial charge in [-0.05, 0) is 24.6 Å². The van der Waals surface area contributed by atoms with Gasteiger partial charge in [0.1, 0.15) is 0 Å². The first-order valence-corrected chi connectivity index (χ1v) is 3.03. The van der Waals surface area contributed by atoms with Crippen molar-refractivity contribution in [1.82, 2.24) is 0 Å². The van der Waals surface area contributed by atoms with Gasteiger partial charge in [0, 0.05) is 6.21 Å². The van der Waals surface area contributed by atoms with Crippen LogP contribution in [-0.2, 0) is 4.74 Å². The Balaban J connectivity index is 3.82. The molecule has 0 radical (unpaired) electrons. The summed E-state index contributed by atoms with van der Waals surface area (Å²) in [5, 5.41) is 6.46. The number of hydrogen-bond acceptors (Lipinski definition) is 2. The second-order valence-electron chi connectivity index (χ2n) is 1.55. The van der Waals surface area contributed by atoms with Crippen molar-refractivity contribution < 1.29 is 4.74 Å². The van der Waals surface area contributed by atoms with Crippen LogP contribution in [0.25, 0.3) is 0 Å². The molecule has 0 spiro atoms. The molecule has 3 nitrogen and oxygen atoms in total. The second kappa shape index (κ2) is 4.99. The molecule has 0 aliphatic carbocycles. The van der Waals surface area contributed by atoms with Gasteiger partial charge in [-0.25, -0.2) is 4.99 Å². The number of rotatable bonds is 2. The van der Waals surface area contributed by atoms with Gasteiger partial charge in [0.2, 0.25) is 5.29 Å². The van der Waals surface area contributed by atoms with Crippen LogP contribution in [-0.4, -0.2) is 18.6 Å². The zero-order valence-corrected chi connectivity index (χ0v) is 6.64. The number of amidine groups is 1. The number of nitrogens with zero attached hydrogens (tertiary/aromatic N) is 1. The van der Waals surface area contributed by atoms with E-state index >= 15 is 0 Å². The Bertz CT molecular complexity index is 175. The molecule has 0 aliphatic heterocycles. The predicted octanol–water partition coefficient (Wildman–Crippen LogP) is 1.78. The maximum atomic E-state index is 6.69. The fraction of sp³-hybridized carbons (Fsp3) is 0.333. The van der Waals surface area contributed by atoms with Crippen molar-refractivity contribution in [2.75, 3.05) is 7.11 Å². The van der Waals surface area contributed by atoms with Crippen LogP contribution in [0.1, 0.15) is 6.92 Å². The highest BCUT2D eigenvalue weighted by molar-refractivity contribution is 6.64. The lowest BCUT2D eigenvalue weighted by atomic mass is 10.5. The van der Waals surface area contributed by atoms with Crippen LogP contribution in [0.3, 0.4) is 0 Å². The van der Waals surface area contributed by atoms with Gasteiger partial charge in [-0.2, -0.15) is 0 Å². The Hall–Kier alpha value is -0.830. The topological polar surface area (TPSA) is 45.4 Å². The van der Waals surface area contributed by atoms with Gasteiger partial charge in [0.25, 0.3) is 0 Å². The number of ether oxygens (including phenoxy) is 1.